The first kappa shape index (κ1) is 18.0. The Morgan fingerprint density at radius 1 is 1.13 bits per heavy atom. The lowest BCUT2D eigenvalue weighted by atomic mass is 9.80. The van der Waals surface area contributed by atoms with E-state index in [1.54, 1.807) is 0 Å². The summed E-state index contributed by atoms with van der Waals surface area (Å²) in [5.41, 5.74) is 0. The number of rotatable bonds is 5. The molecule has 0 spiro atoms. The lowest BCUT2D eigenvalue weighted by Gasteiger charge is -2.39. The Balaban J connectivity index is 1.43. The molecule has 0 radical (unpaired) electrons. The highest BCUT2D eigenvalue weighted by Crippen LogP contribution is 2.33. The van der Waals surface area contributed by atoms with Gasteiger partial charge in [-0.3, -0.25) is 5.32 Å². The van der Waals surface area contributed by atoms with Gasteiger partial charge in [0.2, 0.25) is 0 Å². The molecule has 1 aliphatic carbocycles. The average molecular weight is 362 g/mol. The summed E-state index contributed by atoms with van der Waals surface area (Å²) in [5.74, 6) is 1.73. The summed E-state index contributed by atoms with van der Waals surface area (Å²) in [6.45, 7) is 2.19. The summed E-state index contributed by atoms with van der Waals surface area (Å²) in [7, 11) is -2.85. The van der Waals surface area contributed by atoms with Crippen molar-refractivity contribution in [1.29, 1.82) is 0 Å². The van der Waals surface area contributed by atoms with Crippen LogP contribution in [0.1, 0.15) is 44.9 Å². The van der Waals surface area contributed by atoms with Crippen LogP contribution in [-0.2, 0) is 9.84 Å². The van der Waals surface area contributed by atoms with E-state index in [0.717, 1.165) is 44.6 Å². The number of sulfone groups is 1. The van der Waals surface area contributed by atoms with Crippen LogP contribution in [0.15, 0.2) is 0 Å². The average Bonchev–Trinajstić information content (AvgIpc) is 3.06. The van der Waals surface area contributed by atoms with Crippen molar-refractivity contribution in [3.63, 3.8) is 0 Å². The summed E-state index contributed by atoms with van der Waals surface area (Å²) < 4.78 is 23.4. The molecule has 0 aromatic carbocycles. The van der Waals surface area contributed by atoms with Gasteiger partial charge in [0.25, 0.3) is 0 Å². The molecular weight excluding hydrogens is 330 g/mol. The van der Waals surface area contributed by atoms with Crippen molar-refractivity contribution in [2.24, 2.45) is 5.92 Å². The zero-order valence-corrected chi connectivity index (χ0v) is 15.7. The molecule has 5 nitrogen and oxygen atoms in total. The van der Waals surface area contributed by atoms with Gasteiger partial charge in [-0.1, -0.05) is 0 Å². The zero-order chi connectivity index (χ0) is 16.3. The normalized spacial score (nSPS) is 39.4. The maximum absolute atomic E-state index is 11.7. The van der Waals surface area contributed by atoms with Crippen LogP contribution in [0.4, 0.5) is 0 Å². The third-order valence-electron chi connectivity index (χ3n) is 5.70. The van der Waals surface area contributed by atoms with Crippen molar-refractivity contribution < 1.29 is 8.42 Å². The van der Waals surface area contributed by atoms with Crippen LogP contribution in [0.2, 0.25) is 0 Å². The quantitative estimate of drug-likeness (QED) is 0.686. The molecule has 2 aliphatic heterocycles. The standard InChI is InChI=1S/C16H31N3O2S2/c1-23(20,21)14-7-5-12(6-8-14)15-3-2-4-16(19-15)18-10-13-9-17-11-22-13/h12-19H,2-11H2,1H3. The Kier molecular flexibility index (Phi) is 6.29. The van der Waals surface area contributed by atoms with Crippen LogP contribution in [0.3, 0.4) is 0 Å². The van der Waals surface area contributed by atoms with Gasteiger partial charge >= 0.3 is 0 Å². The molecule has 7 heteroatoms. The molecule has 3 atom stereocenters. The Hall–Kier alpha value is 0.180. The fourth-order valence-electron chi connectivity index (χ4n) is 4.28. The SMILES string of the molecule is CS(=O)(=O)C1CCC(C2CCCC(NCC3CNCS3)N2)CC1. The molecule has 3 fully saturated rings. The second-order valence-corrected chi connectivity index (χ2v) is 11.0. The van der Waals surface area contributed by atoms with Crippen LogP contribution in [0, 0.1) is 5.92 Å². The molecule has 0 aromatic heterocycles. The van der Waals surface area contributed by atoms with E-state index in [1.165, 1.54) is 25.5 Å². The summed E-state index contributed by atoms with van der Waals surface area (Å²) in [6, 6.07) is 0.566. The predicted octanol–water partition coefficient (Wildman–Crippen LogP) is 1.31. The molecule has 23 heavy (non-hydrogen) atoms. The van der Waals surface area contributed by atoms with E-state index in [0.29, 0.717) is 23.4 Å². The molecule has 0 aromatic rings. The van der Waals surface area contributed by atoms with Gasteiger partial charge < -0.3 is 10.6 Å². The highest BCUT2D eigenvalue weighted by atomic mass is 32.2. The van der Waals surface area contributed by atoms with Gasteiger partial charge in [0.1, 0.15) is 9.84 Å². The minimum absolute atomic E-state index is 0.0943. The fraction of sp³-hybridized carbons (Fsp3) is 1.00. The van der Waals surface area contributed by atoms with Crippen molar-refractivity contribution in [3.05, 3.63) is 0 Å². The van der Waals surface area contributed by atoms with E-state index in [1.807, 2.05) is 11.8 Å². The second kappa shape index (κ2) is 8.04. The summed E-state index contributed by atoms with van der Waals surface area (Å²) in [6.07, 6.45) is 9.38. The Morgan fingerprint density at radius 3 is 2.57 bits per heavy atom. The van der Waals surface area contributed by atoms with Crippen LogP contribution < -0.4 is 16.0 Å². The van der Waals surface area contributed by atoms with E-state index in [2.05, 4.69) is 16.0 Å². The van der Waals surface area contributed by atoms with Crippen LogP contribution in [0.5, 0.6) is 0 Å². The van der Waals surface area contributed by atoms with E-state index >= 15 is 0 Å². The smallest absolute Gasteiger partial charge is 0.150 e. The highest BCUT2D eigenvalue weighted by Gasteiger charge is 2.34. The minimum Gasteiger partial charge on any atom is -0.307 e. The number of thioether (sulfide) groups is 1. The minimum atomic E-state index is -2.85. The van der Waals surface area contributed by atoms with Gasteiger partial charge in [-0.15, -0.1) is 11.8 Å². The van der Waals surface area contributed by atoms with E-state index < -0.39 is 9.84 Å². The monoisotopic (exact) mass is 361 g/mol. The first-order valence-corrected chi connectivity index (χ1v) is 12.0. The van der Waals surface area contributed by atoms with Crippen molar-refractivity contribution in [2.75, 3.05) is 25.2 Å². The summed E-state index contributed by atoms with van der Waals surface area (Å²) in [4.78, 5) is 0. The largest absolute Gasteiger partial charge is 0.307 e. The molecule has 0 bridgehead atoms. The predicted molar refractivity (Wildman–Crippen MR) is 97.4 cm³/mol. The Bertz CT molecular complexity index is 472. The maximum atomic E-state index is 11.7. The fourth-order valence-corrected chi connectivity index (χ4v) is 6.33. The number of hydrogen-bond donors (Lipinski definition) is 3. The summed E-state index contributed by atoms with van der Waals surface area (Å²) >= 11 is 2.00. The second-order valence-electron chi connectivity index (χ2n) is 7.42. The molecule has 3 N–H and O–H groups in total. The van der Waals surface area contributed by atoms with E-state index in [-0.39, 0.29) is 5.25 Å². The number of hydrogen-bond acceptors (Lipinski definition) is 6. The first-order chi connectivity index (χ1) is 11.0. The van der Waals surface area contributed by atoms with Gasteiger partial charge in [0.15, 0.2) is 0 Å². The molecule has 3 aliphatic rings. The maximum Gasteiger partial charge on any atom is 0.150 e. The molecule has 2 heterocycles. The van der Waals surface area contributed by atoms with E-state index in [4.69, 9.17) is 0 Å². The van der Waals surface area contributed by atoms with Crippen LogP contribution >= 0.6 is 11.8 Å². The van der Waals surface area contributed by atoms with Crippen molar-refractivity contribution >= 4 is 21.6 Å². The lowest BCUT2D eigenvalue weighted by molar-refractivity contribution is 0.190. The number of piperidine rings is 1. The molecule has 134 valence electrons. The van der Waals surface area contributed by atoms with Crippen molar-refractivity contribution in [2.45, 2.75) is 67.7 Å². The van der Waals surface area contributed by atoms with Gasteiger partial charge in [0, 0.05) is 36.5 Å². The van der Waals surface area contributed by atoms with Crippen molar-refractivity contribution in [3.8, 4) is 0 Å². The molecule has 0 amide bonds. The highest BCUT2D eigenvalue weighted by molar-refractivity contribution is 8.00. The molecule has 3 rings (SSSR count). The van der Waals surface area contributed by atoms with Crippen LogP contribution in [-0.4, -0.2) is 56.3 Å². The van der Waals surface area contributed by atoms with Gasteiger partial charge in [-0.2, -0.15) is 0 Å². The van der Waals surface area contributed by atoms with Gasteiger partial charge in [-0.05, 0) is 50.9 Å². The molecule has 3 unspecified atom stereocenters. The third-order valence-corrected chi connectivity index (χ3v) is 8.56. The van der Waals surface area contributed by atoms with Gasteiger partial charge in [-0.25, -0.2) is 8.42 Å². The van der Waals surface area contributed by atoms with Crippen LogP contribution in [0.25, 0.3) is 0 Å². The summed E-state index contributed by atoms with van der Waals surface area (Å²) in [5, 5.41) is 11.5. The van der Waals surface area contributed by atoms with E-state index in [9.17, 15) is 8.42 Å². The topological polar surface area (TPSA) is 70.2 Å². The first-order valence-electron chi connectivity index (χ1n) is 9.03. The third kappa shape index (κ3) is 5.08. The van der Waals surface area contributed by atoms with Crippen molar-refractivity contribution in [1.82, 2.24) is 16.0 Å². The Labute approximate surface area is 145 Å². The molecular formula is C16H31N3O2S2. The number of nitrogens with one attached hydrogen (secondary N) is 3. The lowest BCUT2D eigenvalue weighted by Crippen LogP contribution is -2.54. The Morgan fingerprint density at radius 2 is 1.91 bits per heavy atom. The zero-order valence-electron chi connectivity index (χ0n) is 14.1. The molecule has 2 saturated heterocycles. The van der Waals surface area contributed by atoms with Gasteiger partial charge in [0.05, 0.1) is 11.4 Å². The molecule has 1 saturated carbocycles.